The summed E-state index contributed by atoms with van der Waals surface area (Å²) in [4.78, 5) is 0. The van der Waals surface area contributed by atoms with Crippen LogP contribution in [0.2, 0.25) is 0 Å². The van der Waals surface area contributed by atoms with Gasteiger partial charge in [0, 0.05) is 5.37 Å². The van der Waals surface area contributed by atoms with Gasteiger partial charge < -0.3 is 0 Å². The molecule has 0 rings (SSSR count). The van der Waals surface area contributed by atoms with Crippen LogP contribution in [0.5, 0.6) is 0 Å². The Morgan fingerprint density at radius 2 is 2.00 bits per heavy atom. The summed E-state index contributed by atoms with van der Waals surface area (Å²) in [5, 5.41) is 1.08. The quantitative estimate of drug-likeness (QED) is 0.436. The minimum Gasteiger partial charge on any atom is -0.185 e. The third kappa shape index (κ3) is 3.69. The highest BCUT2D eigenvalue weighted by Gasteiger charge is 1.61. The molecule has 0 bridgehead atoms. The summed E-state index contributed by atoms with van der Waals surface area (Å²) >= 11 is 0. The molecule has 0 unspecified atom stereocenters. The summed E-state index contributed by atoms with van der Waals surface area (Å²) in [5.74, 6) is 0. The highest BCUT2D eigenvalue weighted by Crippen LogP contribution is 1.55. The van der Waals surface area contributed by atoms with Gasteiger partial charge >= 0.3 is 0 Å². The molecule has 0 spiro atoms. The monoisotopic (exact) mass is 105 g/mol. The predicted octanol–water partition coefficient (Wildman–Crippen LogP) is -0.108. The molecule has 0 saturated heterocycles. The van der Waals surface area contributed by atoms with E-state index in [-0.39, 0.29) is 0 Å². The highest BCUT2D eigenvalue weighted by molar-refractivity contribution is 7.71. The van der Waals surface area contributed by atoms with Crippen molar-refractivity contribution in [2.24, 2.45) is 0 Å². The predicted molar refractivity (Wildman–Crippen MR) is 25.0 cm³/mol. The van der Waals surface area contributed by atoms with E-state index in [0.717, 1.165) is 5.37 Å². The average molecular weight is 105 g/mol. The van der Waals surface area contributed by atoms with Crippen LogP contribution >= 0.6 is 0 Å². The minimum atomic E-state index is -2.00. The fourth-order valence-electron chi connectivity index (χ4n) is 0.111. The normalized spacial score (nSPS) is 7.50. The van der Waals surface area contributed by atoms with Gasteiger partial charge in [-0.25, -0.2) is 0 Å². The van der Waals surface area contributed by atoms with Crippen molar-refractivity contribution >= 4 is 15.7 Å². The van der Waals surface area contributed by atoms with Gasteiger partial charge in [0.25, 0.3) is 0 Å². The van der Waals surface area contributed by atoms with Crippen LogP contribution in [-0.4, -0.2) is 13.8 Å². The third-order valence-electron chi connectivity index (χ3n) is 0.247. The summed E-state index contributed by atoms with van der Waals surface area (Å²) in [6.07, 6.45) is 1.46. The van der Waals surface area contributed by atoms with E-state index in [4.69, 9.17) is 0 Å². The molecular formula is C3H5O2S. The molecule has 0 aromatic heterocycles. The van der Waals surface area contributed by atoms with Crippen molar-refractivity contribution in [2.75, 3.05) is 0 Å². The lowest BCUT2D eigenvalue weighted by Gasteiger charge is -1.56. The second-order valence-corrected chi connectivity index (χ2v) is 1.52. The summed E-state index contributed by atoms with van der Waals surface area (Å²) in [6, 6.07) is 0. The van der Waals surface area contributed by atoms with Crippen molar-refractivity contribution in [1.29, 1.82) is 0 Å². The van der Waals surface area contributed by atoms with Crippen LogP contribution in [0, 0.1) is 6.42 Å². The lowest BCUT2D eigenvalue weighted by Crippen LogP contribution is -1.66. The molecule has 0 fully saturated rings. The molecule has 0 heterocycles. The first-order chi connectivity index (χ1) is 2.77. The first-order valence-corrected chi connectivity index (χ1v) is 2.62. The van der Waals surface area contributed by atoms with E-state index in [1.807, 2.05) is 0 Å². The molecule has 6 heavy (non-hydrogen) atoms. The molecule has 0 amide bonds. The van der Waals surface area contributed by atoms with Crippen LogP contribution in [0.25, 0.3) is 0 Å². The lowest BCUT2D eigenvalue weighted by atomic mass is 10.6. The van der Waals surface area contributed by atoms with Crippen LogP contribution < -0.4 is 0 Å². The van der Waals surface area contributed by atoms with Gasteiger partial charge in [-0.15, -0.1) is 0 Å². The Labute approximate surface area is 38.3 Å². The fourth-order valence-corrected chi connectivity index (χ4v) is 0.333. The Morgan fingerprint density at radius 3 is 2.00 bits per heavy atom. The Bertz CT molecular complexity index is 123. The largest absolute Gasteiger partial charge is 0.210 e. The van der Waals surface area contributed by atoms with E-state index in [1.165, 1.54) is 6.42 Å². The number of rotatable bonds is 1. The smallest absolute Gasteiger partial charge is 0.185 e. The zero-order valence-electron chi connectivity index (χ0n) is 3.38. The molecule has 1 radical (unpaired) electrons. The number of hydrogen-bond donors (Lipinski definition) is 0. The molecule has 0 saturated carbocycles. The molecule has 0 N–H and O–H groups in total. The first-order valence-electron chi connectivity index (χ1n) is 1.48. The molecule has 35 valence electrons. The maximum absolute atomic E-state index is 9.51. The third-order valence-corrected chi connectivity index (χ3v) is 0.742. The van der Waals surface area contributed by atoms with E-state index in [0.29, 0.717) is 0 Å². The molecule has 0 atom stereocenters. The maximum atomic E-state index is 9.51. The summed E-state index contributed by atoms with van der Waals surface area (Å²) in [7, 11) is -2.00. The molecular weight excluding hydrogens is 100 g/mol. The second kappa shape index (κ2) is 2.90. The molecule has 0 aliphatic rings. The van der Waals surface area contributed by atoms with E-state index in [2.05, 4.69) is 0 Å². The zero-order valence-corrected chi connectivity index (χ0v) is 4.20. The molecule has 0 aromatic carbocycles. The van der Waals surface area contributed by atoms with Crippen LogP contribution in [-0.2, 0) is 10.3 Å². The van der Waals surface area contributed by atoms with Gasteiger partial charge in [-0.2, -0.15) is 8.42 Å². The summed E-state index contributed by atoms with van der Waals surface area (Å²) in [5.41, 5.74) is 0. The van der Waals surface area contributed by atoms with Crippen molar-refractivity contribution in [3.63, 3.8) is 0 Å². The molecule has 0 aromatic rings. The van der Waals surface area contributed by atoms with E-state index in [1.54, 1.807) is 6.92 Å². The van der Waals surface area contributed by atoms with E-state index in [9.17, 15) is 8.42 Å². The van der Waals surface area contributed by atoms with Gasteiger partial charge in [0.1, 0.15) is 0 Å². The summed E-state index contributed by atoms with van der Waals surface area (Å²) < 4.78 is 19.0. The van der Waals surface area contributed by atoms with Gasteiger partial charge in [-0.1, -0.05) is 6.92 Å². The Kier molecular flexibility index (Phi) is 2.75. The Morgan fingerprint density at radius 1 is 1.50 bits per heavy atom. The van der Waals surface area contributed by atoms with Gasteiger partial charge in [-0.3, -0.25) is 0 Å². The van der Waals surface area contributed by atoms with Crippen LogP contribution in [0.3, 0.4) is 0 Å². The lowest BCUT2D eigenvalue weighted by molar-refractivity contribution is 0.627. The van der Waals surface area contributed by atoms with Crippen LogP contribution in [0.4, 0.5) is 0 Å². The minimum absolute atomic E-state index is 1.08. The maximum Gasteiger partial charge on any atom is 0.210 e. The van der Waals surface area contributed by atoms with E-state index < -0.39 is 10.3 Å². The molecule has 3 heteroatoms. The standard InChI is InChI=1S/C3H5O2S/c1-2-3-6(4)5/h2-3H,1H3. The van der Waals surface area contributed by atoms with Gasteiger partial charge in [0.15, 0.2) is 0 Å². The zero-order chi connectivity index (χ0) is 4.99. The van der Waals surface area contributed by atoms with Gasteiger partial charge in [0.2, 0.25) is 10.3 Å². The van der Waals surface area contributed by atoms with Crippen molar-refractivity contribution < 1.29 is 8.42 Å². The first kappa shape index (κ1) is 5.69. The van der Waals surface area contributed by atoms with Crippen LogP contribution in [0.15, 0.2) is 0 Å². The topological polar surface area (TPSA) is 34.1 Å². The Hall–Kier alpha value is -0.310. The van der Waals surface area contributed by atoms with E-state index >= 15 is 0 Å². The fraction of sp³-hybridized carbons (Fsp3) is 0.333. The average Bonchev–Trinajstić information content (AvgIpc) is 1.35. The van der Waals surface area contributed by atoms with Crippen molar-refractivity contribution in [2.45, 2.75) is 6.92 Å². The second-order valence-electron chi connectivity index (χ2n) is 0.730. The summed E-state index contributed by atoms with van der Waals surface area (Å²) in [6.45, 7) is 1.65. The van der Waals surface area contributed by atoms with Crippen molar-refractivity contribution in [1.82, 2.24) is 0 Å². The van der Waals surface area contributed by atoms with Crippen LogP contribution in [0.1, 0.15) is 6.92 Å². The Balaban J connectivity index is 3.78. The van der Waals surface area contributed by atoms with Gasteiger partial charge in [-0.05, 0) is 6.42 Å². The van der Waals surface area contributed by atoms with Crippen molar-refractivity contribution in [3.05, 3.63) is 6.42 Å². The highest BCUT2D eigenvalue weighted by atomic mass is 32.2. The molecule has 0 aliphatic carbocycles. The molecule has 2 nitrogen and oxygen atoms in total. The number of hydrogen-bond acceptors (Lipinski definition) is 2. The van der Waals surface area contributed by atoms with Crippen molar-refractivity contribution in [3.8, 4) is 0 Å². The molecule has 0 aliphatic heterocycles. The SMILES string of the molecule is C[CH]C=S(=O)=O. The van der Waals surface area contributed by atoms with Gasteiger partial charge in [0.05, 0.1) is 0 Å².